The molecule has 0 bridgehead atoms. The average Bonchev–Trinajstić information content (AvgIpc) is 2.34. The van der Waals surface area contributed by atoms with Crippen LogP contribution in [0, 0.1) is 6.92 Å². The number of benzene rings is 1. The van der Waals surface area contributed by atoms with Crippen LogP contribution in [0.5, 0.6) is 0 Å². The summed E-state index contributed by atoms with van der Waals surface area (Å²) in [6.45, 7) is 1.94. The highest BCUT2D eigenvalue weighted by molar-refractivity contribution is 5.69. The van der Waals surface area contributed by atoms with Gasteiger partial charge in [-0.15, -0.1) is 0 Å². The van der Waals surface area contributed by atoms with Crippen LogP contribution >= 0.6 is 0 Å². The minimum absolute atomic E-state index is 0.650. The van der Waals surface area contributed by atoms with Gasteiger partial charge >= 0.3 is 0 Å². The van der Waals surface area contributed by atoms with Crippen molar-refractivity contribution in [2.45, 2.75) is 6.92 Å². The highest BCUT2D eigenvalue weighted by atomic mass is 15.1. The van der Waals surface area contributed by atoms with E-state index in [1.165, 1.54) is 0 Å². The first-order valence-electron chi connectivity index (χ1n) is 5.84. The van der Waals surface area contributed by atoms with Gasteiger partial charge in [-0.2, -0.15) is 0 Å². The van der Waals surface area contributed by atoms with Crippen LogP contribution in [0.15, 0.2) is 36.4 Å². The third-order valence-corrected chi connectivity index (χ3v) is 2.71. The number of anilines is 4. The number of hydrogen-bond donors (Lipinski definition) is 2. The second kappa shape index (κ2) is 4.96. The van der Waals surface area contributed by atoms with E-state index in [9.17, 15) is 0 Å². The van der Waals surface area contributed by atoms with Crippen molar-refractivity contribution in [1.29, 1.82) is 0 Å². The smallest absolute Gasteiger partial charge is 0.153 e. The predicted molar refractivity (Wildman–Crippen MR) is 77.4 cm³/mol. The molecule has 2 aromatic rings. The lowest BCUT2D eigenvalue weighted by molar-refractivity contribution is 1.13. The first-order chi connectivity index (χ1) is 8.56. The Labute approximate surface area is 107 Å². The molecule has 0 aliphatic rings. The lowest BCUT2D eigenvalue weighted by atomic mass is 10.2. The van der Waals surface area contributed by atoms with Gasteiger partial charge in [-0.3, -0.25) is 0 Å². The number of pyridine rings is 1. The van der Waals surface area contributed by atoms with Gasteiger partial charge in [0.15, 0.2) is 5.82 Å². The molecule has 0 saturated heterocycles. The normalized spacial score (nSPS) is 10.2. The molecule has 4 heteroatoms. The molecule has 0 spiro atoms. The van der Waals surface area contributed by atoms with Crippen LogP contribution in [-0.2, 0) is 0 Å². The summed E-state index contributed by atoms with van der Waals surface area (Å²) >= 11 is 0. The molecule has 0 fully saturated rings. The Kier molecular flexibility index (Phi) is 3.37. The fourth-order valence-corrected chi connectivity index (χ4v) is 1.65. The van der Waals surface area contributed by atoms with Gasteiger partial charge in [-0.25, -0.2) is 4.98 Å². The molecule has 0 unspecified atom stereocenters. The minimum atomic E-state index is 0.650. The van der Waals surface area contributed by atoms with Gasteiger partial charge < -0.3 is 16.0 Å². The molecule has 1 aromatic heterocycles. The monoisotopic (exact) mass is 242 g/mol. The molecule has 0 amide bonds. The van der Waals surface area contributed by atoms with Crippen molar-refractivity contribution in [3.05, 3.63) is 42.1 Å². The Hall–Kier alpha value is -2.23. The first kappa shape index (κ1) is 12.2. The Morgan fingerprint density at radius 3 is 2.33 bits per heavy atom. The van der Waals surface area contributed by atoms with Crippen LogP contribution in [0.4, 0.5) is 22.9 Å². The fourth-order valence-electron chi connectivity index (χ4n) is 1.65. The maximum absolute atomic E-state index is 5.88. The second-order valence-electron chi connectivity index (χ2n) is 4.46. The zero-order valence-electron chi connectivity index (χ0n) is 10.9. The number of aryl methyl sites for hydroxylation is 1. The summed E-state index contributed by atoms with van der Waals surface area (Å²) in [5, 5.41) is 3.22. The topological polar surface area (TPSA) is 54.2 Å². The zero-order valence-corrected chi connectivity index (χ0v) is 10.9. The maximum atomic E-state index is 5.88. The molecule has 94 valence electrons. The lowest BCUT2D eigenvalue weighted by Gasteiger charge is -2.14. The molecule has 2 rings (SSSR count). The highest BCUT2D eigenvalue weighted by Crippen LogP contribution is 2.22. The van der Waals surface area contributed by atoms with Crippen LogP contribution in [0.2, 0.25) is 0 Å². The van der Waals surface area contributed by atoms with Gasteiger partial charge in [0.1, 0.15) is 0 Å². The number of nitrogens with one attached hydrogen (secondary N) is 1. The van der Waals surface area contributed by atoms with Crippen LogP contribution in [0.25, 0.3) is 0 Å². The molecular formula is C14H18N4. The predicted octanol–water partition coefficient (Wildman–Crippen LogP) is 2.78. The Morgan fingerprint density at radius 1 is 1.06 bits per heavy atom. The summed E-state index contributed by atoms with van der Waals surface area (Å²) in [5.41, 5.74) is 9.61. The summed E-state index contributed by atoms with van der Waals surface area (Å²) in [5.74, 6) is 0.701. The number of nitrogens with zero attached hydrogens (tertiary/aromatic N) is 2. The molecule has 0 aliphatic carbocycles. The van der Waals surface area contributed by atoms with Crippen LogP contribution in [0.1, 0.15) is 5.69 Å². The molecule has 1 aromatic carbocycles. The molecule has 1 heterocycles. The second-order valence-corrected chi connectivity index (χ2v) is 4.46. The van der Waals surface area contributed by atoms with E-state index in [0.717, 1.165) is 17.1 Å². The van der Waals surface area contributed by atoms with Crippen molar-refractivity contribution < 1.29 is 0 Å². The Bertz CT molecular complexity index is 532. The molecule has 0 aliphatic heterocycles. The van der Waals surface area contributed by atoms with Gasteiger partial charge in [-0.05, 0) is 43.3 Å². The van der Waals surface area contributed by atoms with E-state index in [-0.39, 0.29) is 0 Å². The number of nitrogen functional groups attached to an aromatic ring is 1. The van der Waals surface area contributed by atoms with Crippen molar-refractivity contribution >= 4 is 22.9 Å². The molecule has 4 nitrogen and oxygen atoms in total. The third kappa shape index (κ3) is 2.71. The van der Waals surface area contributed by atoms with E-state index in [4.69, 9.17) is 5.73 Å². The number of nitrogens with two attached hydrogens (primary N) is 1. The lowest BCUT2D eigenvalue weighted by Crippen LogP contribution is -2.08. The van der Waals surface area contributed by atoms with Crippen molar-refractivity contribution in [2.75, 3.05) is 30.0 Å². The van der Waals surface area contributed by atoms with Gasteiger partial charge in [0.05, 0.1) is 5.69 Å². The van der Waals surface area contributed by atoms with Crippen molar-refractivity contribution in [3.63, 3.8) is 0 Å². The van der Waals surface area contributed by atoms with Crippen molar-refractivity contribution in [3.8, 4) is 0 Å². The summed E-state index contributed by atoms with van der Waals surface area (Å²) in [6.07, 6.45) is 0. The summed E-state index contributed by atoms with van der Waals surface area (Å²) < 4.78 is 0. The van der Waals surface area contributed by atoms with Crippen LogP contribution in [-0.4, -0.2) is 19.1 Å². The Balaban J connectivity index is 2.21. The molecule has 0 radical (unpaired) electrons. The number of aromatic nitrogens is 1. The van der Waals surface area contributed by atoms with Crippen LogP contribution in [0.3, 0.4) is 0 Å². The van der Waals surface area contributed by atoms with Gasteiger partial charge in [-0.1, -0.05) is 0 Å². The summed E-state index contributed by atoms with van der Waals surface area (Å²) in [6, 6.07) is 11.9. The number of hydrogen-bond acceptors (Lipinski definition) is 4. The molecular weight excluding hydrogens is 224 g/mol. The van der Waals surface area contributed by atoms with Gasteiger partial charge in [0.25, 0.3) is 0 Å². The first-order valence-corrected chi connectivity index (χ1v) is 5.84. The Morgan fingerprint density at radius 2 is 1.72 bits per heavy atom. The zero-order chi connectivity index (χ0) is 13.1. The fraction of sp³-hybridized carbons (Fsp3) is 0.214. The maximum Gasteiger partial charge on any atom is 0.153 e. The molecule has 0 saturated carbocycles. The van der Waals surface area contributed by atoms with E-state index in [1.807, 2.05) is 57.4 Å². The van der Waals surface area contributed by atoms with E-state index in [1.54, 1.807) is 0 Å². The molecule has 0 atom stereocenters. The van der Waals surface area contributed by atoms with E-state index >= 15 is 0 Å². The van der Waals surface area contributed by atoms with E-state index < -0.39 is 0 Å². The standard InChI is InChI=1S/C14H18N4/c1-10-4-9-13(15)14(16-10)17-11-5-7-12(8-6-11)18(2)3/h4-9H,15H2,1-3H3,(H,16,17). The van der Waals surface area contributed by atoms with E-state index in [0.29, 0.717) is 11.5 Å². The van der Waals surface area contributed by atoms with Gasteiger partial charge in [0.2, 0.25) is 0 Å². The largest absolute Gasteiger partial charge is 0.396 e. The summed E-state index contributed by atoms with van der Waals surface area (Å²) in [4.78, 5) is 6.44. The van der Waals surface area contributed by atoms with Gasteiger partial charge in [0, 0.05) is 31.2 Å². The quantitative estimate of drug-likeness (QED) is 0.869. The SMILES string of the molecule is Cc1ccc(N)c(Nc2ccc(N(C)C)cc2)n1. The third-order valence-electron chi connectivity index (χ3n) is 2.71. The van der Waals surface area contributed by atoms with E-state index in [2.05, 4.69) is 15.2 Å². The average molecular weight is 242 g/mol. The summed E-state index contributed by atoms with van der Waals surface area (Å²) in [7, 11) is 4.03. The molecule has 3 N–H and O–H groups in total. The van der Waals surface area contributed by atoms with Crippen LogP contribution < -0.4 is 16.0 Å². The minimum Gasteiger partial charge on any atom is -0.396 e. The van der Waals surface area contributed by atoms with Crippen molar-refractivity contribution in [2.24, 2.45) is 0 Å². The van der Waals surface area contributed by atoms with Crippen molar-refractivity contribution in [1.82, 2.24) is 4.98 Å². The highest BCUT2D eigenvalue weighted by Gasteiger charge is 2.02. The number of rotatable bonds is 3. The molecule has 18 heavy (non-hydrogen) atoms.